The molecule has 1 aromatic rings. The number of alkyl halides is 6. The van der Waals surface area contributed by atoms with Crippen LogP contribution in [0.3, 0.4) is 0 Å². The summed E-state index contributed by atoms with van der Waals surface area (Å²) in [5.41, 5.74) is 5.53. The highest BCUT2D eigenvalue weighted by Gasteiger charge is 2.48. The van der Waals surface area contributed by atoms with Crippen molar-refractivity contribution in [2.24, 2.45) is 5.73 Å². The van der Waals surface area contributed by atoms with E-state index in [1.54, 1.807) is 24.3 Å². The van der Waals surface area contributed by atoms with Gasteiger partial charge in [-0.15, -0.1) is 13.2 Å². The molecule has 0 radical (unpaired) electrons. The van der Waals surface area contributed by atoms with E-state index in [0.717, 1.165) is 0 Å². The van der Waals surface area contributed by atoms with Gasteiger partial charge < -0.3 is 10.5 Å². The van der Waals surface area contributed by atoms with E-state index in [2.05, 4.69) is 0 Å². The molecule has 10 heteroatoms. The summed E-state index contributed by atoms with van der Waals surface area (Å²) in [6, 6.07) is 8.76. The van der Waals surface area contributed by atoms with Gasteiger partial charge in [-0.1, -0.05) is 18.2 Å². The van der Waals surface area contributed by atoms with Crippen molar-refractivity contribution >= 4 is 11.9 Å². The minimum Gasteiger partial charge on any atom is -0.366 e. The number of nitrogens with two attached hydrogens (primary N) is 1. The van der Waals surface area contributed by atoms with Gasteiger partial charge in [0.1, 0.15) is 0 Å². The van der Waals surface area contributed by atoms with Gasteiger partial charge in [0.2, 0.25) is 5.91 Å². The molecule has 1 amide bonds. The number of amides is 1. The van der Waals surface area contributed by atoms with Crippen molar-refractivity contribution in [2.45, 2.75) is 12.5 Å². The molecule has 2 N–H and O–H groups in total. The van der Waals surface area contributed by atoms with Crippen LogP contribution in [0.25, 0.3) is 0 Å². The monoisotopic (exact) mass is 303 g/mol. The number of esters is 1. The number of ether oxygens (including phenoxy) is 1. The predicted octanol–water partition coefficient (Wildman–Crippen LogP) is 2.40. The Morgan fingerprint density at radius 2 is 1.40 bits per heavy atom. The second-order valence-corrected chi connectivity index (χ2v) is 3.06. The van der Waals surface area contributed by atoms with Crippen molar-refractivity contribution in [1.82, 2.24) is 0 Å². The molecule has 112 valence electrons. The molecule has 0 aliphatic rings. The van der Waals surface area contributed by atoms with Crippen LogP contribution in [0.5, 0.6) is 0 Å². The molecule has 1 aromatic carbocycles. The zero-order valence-corrected chi connectivity index (χ0v) is 9.46. The van der Waals surface area contributed by atoms with Crippen molar-refractivity contribution in [3.63, 3.8) is 0 Å². The van der Waals surface area contributed by atoms with Gasteiger partial charge >= 0.3 is 18.5 Å². The predicted molar refractivity (Wildman–Crippen MR) is 53.2 cm³/mol. The molecule has 0 aromatic heterocycles. The van der Waals surface area contributed by atoms with Crippen LogP contribution in [0, 0.1) is 0 Å². The number of carbonyl (C=O) groups is 2. The number of rotatable bonds is 1. The highest BCUT2D eigenvalue weighted by atomic mass is 19.4. The molecule has 0 saturated heterocycles. The first kappa shape index (κ1) is 17.7. The van der Waals surface area contributed by atoms with Crippen LogP contribution in [0.4, 0.5) is 26.3 Å². The number of halogens is 6. The first-order valence-corrected chi connectivity index (χ1v) is 4.65. The van der Waals surface area contributed by atoms with E-state index in [9.17, 15) is 35.9 Å². The third-order valence-electron chi connectivity index (χ3n) is 1.50. The number of primary amides is 1. The Morgan fingerprint density at radius 1 is 0.950 bits per heavy atom. The molecule has 0 heterocycles. The lowest BCUT2D eigenvalue weighted by molar-refractivity contribution is -0.322. The molecule has 0 bridgehead atoms. The normalized spacial score (nSPS) is 11.1. The second-order valence-electron chi connectivity index (χ2n) is 3.06. The average Bonchev–Trinajstić information content (AvgIpc) is 2.27. The van der Waals surface area contributed by atoms with Gasteiger partial charge in [0.05, 0.1) is 0 Å². The molecule has 4 nitrogen and oxygen atoms in total. The summed E-state index contributed by atoms with van der Waals surface area (Å²) in [4.78, 5) is 19.8. The summed E-state index contributed by atoms with van der Waals surface area (Å²) in [6.45, 7) is 0. The molecular weight excluding hydrogens is 296 g/mol. The van der Waals surface area contributed by atoms with Crippen LogP contribution in [0.1, 0.15) is 10.4 Å². The quantitative estimate of drug-likeness (QED) is 0.640. The van der Waals surface area contributed by atoms with Crippen molar-refractivity contribution < 1.29 is 40.7 Å². The molecule has 0 fully saturated rings. The number of carbonyl (C=O) groups excluding carboxylic acids is 2. The van der Waals surface area contributed by atoms with Crippen molar-refractivity contribution in [1.29, 1.82) is 0 Å². The maximum atomic E-state index is 11.0. The number of benzene rings is 1. The SMILES string of the molecule is NC(=O)c1ccccc1.O=C(OC(F)(F)F)C(F)(F)F. The molecule has 0 spiro atoms. The van der Waals surface area contributed by atoms with Crippen LogP contribution < -0.4 is 5.73 Å². The fourth-order valence-corrected chi connectivity index (χ4v) is 0.765. The molecule has 1 rings (SSSR count). The van der Waals surface area contributed by atoms with E-state index < -0.39 is 18.5 Å². The minimum absolute atomic E-state index is 0.379. The molecule has 0 aliphatic carbocycles. The van der Waals surface area contributed by atoms with E-state index in [4.69, 9.17) is 5.73 Å². The Hall–Kier alpha value is -2.26. The highest BCUT2D eigenvalue weighted by molar-refractivity contribution is 5.92. The van der Waals surface area contributed by atoms with Gasteiger partial charge in [0, 0.05) is 5.56 Å². The van der Waals surface area contributed by atoms with Gasteiger partial charge in [-0.2, -0.15) is 13.2 Å². The van der Waals surface area contributed by atoms with E-state index in [0.29, 0.717) is 5.56 Å². The largest absolute Gasteiger partial charge is 0.575 e. The maximum Gasteiger partial charge on any atom is 0.575 e. The lowest BCUT2D eigenvalue weighted by Crippen LogP contribution is -2.31. The van der Waals surface area contributed by atoms with Gasteiger partial charge in [-0.3, -0.25) is 4.79 Å². The minimum atomic E-state index is -5.62. The van der Waals surface area contributed by atoms with Crippen molar-refractivity contribution in [3.05, 3.63) is 35.9 Å². The van der Waals surface area contributed by atoms with Gasteiger partial charge in [0.25, 0.3) is 0 Å². The smallest absolute Gasteiger partial charge is 0.366 e. The Balaban J connectivity index is 0.000000367. The molecule has 0 atom stereocenters. The van der Waals surface area contributed by atoms with Gasteiger partial charge in [0.15, 0.2) is 0 Å². The first-order valence-electron chi connectivity index (χ1n) is 4.65. The summed E-state index contributed by atoms with van der Waals surface area (Å²) in [6.07, 6.45) is -11.2. The summed E-state index contributed by atoms with van der Waals surface area (Å²) < 4.78 is 67.7. The van der Waals surface area contributed by atoms with Crippen LogP contribution in [0.2, 0.25) is 0 Å². The standard InChI is InChI=1S/C7H7NO.C3F6O2/c8-7(9)6-4-2-1-3-5-6;4-2(5,6)1(10)11-3(7,8)9/h1-5H,(H2,8,9);. The zero-order chi connectivity index (χ0) is 16.0. The van der Waals surface area contributed by atoms with E-state index >= 15 is 0 Å². The van der Waals surface area contributed by atoms with Crippen LogP contribution in [-0.4, -0.2) is 24.4 Å². The molecule has 0 aliphatic heterocycles. The lowest BCUT2D eigenvalue weighted by Gasteiger charge is -2.08. The van der Waals surface area contributed by atoms with Crippen molar-refractivity contribution in [2.75, 3.05) is 0 Å². The number of hydrogen-bond acceptors (Lipinski definition) is 3. The van der Waals surface area contributed by atoms with E-state index in [-0.39, 0.29) is 5.91 Å². The third-order valence-corrected chi connectivity index (χ3v) is 1.50. The summed E-state index contributed by atoms with van der Waals surface area (Å²) in [5, 5.41) is 0. The van der Waals surface area contributed by atoms with Crippen LogP contribution >= 0.6 is 0 Å². The Bertz CT molecular complexity index is 454. The maximum absolute atomic E-state index is 11.0. The van der Waals surface area contributed by atoms with Crippen LogP contribution in [0.15, 0.2) is 30.3 Å². The molecule has 0 saturated carbocycles. The Kier molecular flexibility index (Phi) is 6.01. The molecular formula is C10H7F6NO3. The lowest BCUT2D eigenvalue weighted by atomic mass is 10.2. The van der Waals surface area contributed by atoms with E-state index in [1.165, 1.54) is 0 Å². The highest BCUT2D eigenvalue weighted by Crippen LogP contribution is 2.23. The Labute approximate surface area is 108 Å². The van der Waals surface area contributed by atoms with E-state index in [1.807, 2.05) is 10.8 Å². The summed E-state index contributed by atoms with van der Waals surface area (Å²) in [7, 11) is 0. The van der Waals surface area contributed by atoms with Gasteiger partial charge in [-0.25, -0.2) is 4.79 Å². The fourth-order valence-electron chi connectivity index (χ4n) is 0.765. The Morgan fingerprint density at radius 3 is 1.60 bits per heavy atom. The second kappa shape index (κ2) is 6.78. The third kappa shape index (κ3) is 7.95. The topological polar surface area (TPSA) is 69.4 Å². The molecule has 0 unspecified atom stereocenters. The summed E-state index contributed by atoms with van der Waals surface area (Å²) in [5.74, 6) is -3.65. The zero-order valence-electron chi connectivity index (χ0n) is 9.46. The number of hydrogen-bond donors (Lipinski definition) is 1. The summed E-state index contributed by atoms with van der Waals surface area (Å²) >= 11 is 0. The van der Waals surface area contributed by atoms with Crippen molar-refractivity contribution in [3.8, 4) is 0 Å². The average molecular weight is 303 g/mol. The fraction of sp³-hybridized carbons (Fsp3) is 0.200. The van der Waals surface area contributed by atoms with Gasteiger partial charge in [-0.05, 0) is 12.1 Å². The first-order chi connectivity index (χ1) is 8.93. The van der Waals surface area contributed by atoms with Crippen LogP contribution in [-0.2, 0) is 9.53 Å². The molecule has 20 heavy (non-hydrogen) atoms.